The summed E-state index contributed by atoms with van der Waals surface area (Å²) in [6, 6.07) is 5.50. The Morgan fingerprint density at radius 2 is 2.11 bits per heavy atom. The van der Waals surface area contributed by atoms with Crippen LogP contribution in [0.25, 0.3) is 0 Å². The lowest BCUT2D eigenvalue weighted by Crippen LogP contribution is -2.03. The number of aromatic nitrogens is 2. The summed E-state index contributed by atoms with van der Waals surface area (Å²) < 4.78 is 10.2. The summed E-state index contributed by atoms with van der Waals surface area (Å²) in [4.78, 5) is 11.5. The van der Waals surface area contributed by atoms with Crippen LogP contribution in [-0.4, -0.2) is 16.1 Å². The molecule has 18 heavy (non-hydrogen) atoms. The Morgan fingerprint density at radius 3 is 2.72 bits per heavy atom. The Kier molecular flexibility index (Phi) is 3.41. The van der Waals surface area contributed by atoms with Crippen molar-refractivity contribution in [3.8, 4) is 5.75 Å². The lowest BCUT2D eigenvalue weighted by Gasteiger charge is -2.09. The van der Waals surface area contributed by atoms with Crippen molar-refractivity contribution in [3.63, 3.8) is 0 Å². The first-order valence-electron chi connectivity index (χ1n) is 5.60. The van der Waals surface area contributed by atoms with Crippen molar-refractivity contribution in [1.29, 1.82) is 0 Å². The van der Waals surface area contributed by atoms with Gasteiger partial charge in [-0.05, 0) is 32.9 Å². The van der Waals surface area contributed by atoms with Gasteiger partial charge >= 0.3 is 0 Å². The number of ether oxygens (including phenoxy) is 1. The van der Waals surface area contributed by atoms with Crippen molar-refractivity contribution < 1.29 is 14.2 Å². The topological polar surface area (TPSA) is 65.2 Å². The summed E-state index contributed by atoms with van der Waals surface area (Å²) in [5.41, 5.74) is 2.91. The SMILES string of the molecule is CC(=O)c1cc(C)ccc1OCc1nonc1C. The lowest BCUT2D eigenvalue weighted by molar-refractivity contribution is 0.101. The molecule has 0 fully saturated rings. The van der Waals surface area contributed by atoms with E-state index in [2.05, 4.69) is 14.9 Å². The maximum Gasteiger partial charge on any atom is 0.163 e. The Hall–Kier alpha value is -2.17. The van der Waals surface area contributed by atoms with Crippen LogP contribution < -0.4 is 4.74 Å². The van der Waals surface area contributed by atoms with E-state index in [4.69, 9.17) is 4.74 Å². The van der Waals surface area contributed by atoms with E-state index in [1.54, 1.807) is 13.0 Å². The predicted molar refractivity (Wildman–Crippen MR) is 64.6 cm³/mol. The maximum atomic E-state index is 11.5. The molecule has 0 atom stereocenters. The van der Waals surface area contributed by atoms with Crippen LogP contribution >= 0.6 is 0 Å². The van der Waals surface area contributed by atoms with E-state index in [1.165, 1.54) is 6.92 Å². The van der Waals surface area contributed by atoms with E-state index in [0.29, 0.717) is 22.7 Å². The second kappa shape index (κ2) is 5.00. The number of hydrogen-bond acceptors (Lipinski definition) is 5. The van der Waals surface area contributed by atoms with E-state index in [0.717, 1.165) is 5.56 Å². The van der Waals surface area contributed by atoms with Crippen LogP contribution in [0.5, 0.6) is 5.75 Å². The van der Waals surface area contributed by atoms with Crippen LogP contribution in [0.4, 0.5) is 0 Å². The highest BCUT2D eigenvalue weighted by molar-refractivity contribution is 5.97. The molecule has 5 heteroatoms. The molecule has 0 saturated carbocycles. The summed E-state index contributed by atoms with van der Waals surface area (Å²) in [7, 11) is 0. The Morgan fingerprint density at radius 1 is 1.33 bits per heavy atom. The number of benzene rings is 1. The molecule has 0 radical (unpaired) electrons. The average Bonchev–Trinajstić information content (AvgIpc) is 2.73. The number of aryl methyl sites for hydroxylation is 2. The molecule has 5 nitrogen and oxygen atoms in total. The minimum Gasteiger partial charge on any atom is -0.486 e. The Labute approximate surface area is 105 Å². The van der Waals surface area contributed by atoms with Crippen molar-refractivity contribution in [2.24, 2.45) is 0 Å². The largest absolute Gasteiger partial charge is 0.486 e. The van der Waals surface area contributed by atoms with Gasteiger partial charge in [0.25, 0.3) is 0 Å². The second-order valence-electron chi connectivity index (χ2n) is 4.14. The molecule has 0 unspecified atom stereocenters. The minimum absolute atomic E-state index is 0.0244. The van der Waals surface area contributed by atoms with Crippen LogP contribution in [0, 0.1) is 13.8 Å². The highest BCUT2D eigenvalue weighted by atomic mass is 16.6. The standard InChI is InChI=1S/C13H14N2O3/c1-8-4-5-13(11(6-8)10(3)16)17-7-12-9(2)14-18-15-12/h4-6H,7H2,1-3H3. The molecule has 2 aromatic rings. The number of Topliss-reactive ketones (excluding diaryl/α,β-unsaturated/α-hetero) is 1. The first kappa shape index (κ1) is 12.3. The third kappa shape index (κ3) is 2.56. The summed E-state index contributed by atoms with van der Waals surface area (Å²) in [5, 5.41) is 7.39. The molecule has 1 aromatic carbocycles. The summed E-state index contributed by atoms with van der Waals surface area (Å²) in [6.45, 7) is 5.47. The molecule has 0 aliphatic carbocycles. The van der Waals surface area contributed by atoms with E-state index < -0.39 is 0 Å². The fraction of sp³-hybridized carbons (Fsp3) is 0.308. The van der Waals surface area contributed by atoms with Crippen molar-refractivity contribution >= 4 is 5.78 Å². The van der Waals surface area contributed by atoms with Gasteiger partial charge in [0.05, 0.1) is 5.56 Å². The molecule has 0 spiro atoms. The van der Waals surface area contributed by atoms with Crippen molar-refractivity contribution in [2.45, 2.75) is 27.4 Å². The van der Waals surface area contributed by atoms with Gasteiger partial charge in [-0.2, -0.15) is 0 Å². The molecular weight excluding hydrogens is 232 g/mol. The highest BCUT2D eigenvalue weighted by Crippen LogP contribution is 2.21. The lowest BCUT2D eigenvalue weighted by atomic mass is 10.1. The van der Waals surface area contributed by atoms with E-state index in [1.807, 2.05) is 19.1 Å². The predicted octanol–water partition coefficient (Wildman–Crippen LogP) is 2.47. The van der Waals surface area contributed by atoms with Crippen molar-refractivity contribution in [1.82, 2.24) is 10.3 Å². The first-order chi connectivity index (χ1) is 8.58. The van der Waals surface area contributed by atoms with Gasteiger partial charge in [0.15, 0.2) is 5.78 Å². The summed E-state index contributed by atoms with van der Waals surface area (Å²) >= 11 is 0. The molecule has 0 aliphatic heterocycles. The molecule has 0 saturated heterocycles. The fourth-order valence-electron chi connectivity index (χ4n) is 1.57. The number of ketones is 1. The van der Waals surface area contributed by atoms with Crippen LogP contribution in [0.1, 0.15) is 34.2 Å². The van der Waals surface area contributed by atoms with Gasteiger partial charge in [-0.25, -0.2) is 4.63 Å². The zero-order chi connectivity index (χ0) is 13.1. The number of nitrogens with zero attached hydrogens (tertiary/aromatic N) is 2. The number of hydrogen-bond donors (Lipinski definition) is 0. The van der Waals surface area contributed by atoms with Crippen LogP contribution in [0.3, 0.4) is 0 Å². The molecule has 0 bridgehead atoms. The van der Waals surface area contributed by atoms with E-state index in [-0.39, 0.29) is 12.4 Å². The minimum atomic E-state index is -0.0244. The van der Waals surface area contributed by atoms with Gasteiger partial charge in [-0.3, -0.25) is 4.79 Å². The van der Waals surface area contributed by atoms with Gasteiger partial charge in [0, 0.05) is 0 Å². The van der Waals surface area contributed by atoms with Crippen molar-refractivity contribution in [3.05, 3.63) is 40.7 Å². The van der Waals surface area contributed by atoms with Gasteiger partial charge < -0.3 is 4.74 Å². The normalized spacial score (nSPS) is 10.4. The Bertz CT molecular complexity index is 575. The molecule has 0 amide bonds. The molecule has 94 valence electrons. The number of rotatable bonds is 4. The second-order valence-corrected chi connectivity index (χ2v) is 4.14. The van der Waals surface area contributed by atoms with Gasteiger partial charge in [-0.15, -0.1) is 0 Å². The van der Waals surface area contributed by atoms with Crippen LogP contribution in [0.15, 0.2) is 22.8 Å². The Balaban J connectivity index is 2.19. The van der Waals surface area contributed by atoms with Gasteiger partial charge in [0.1, 0.15) is 23.7 Å². The zero-order valence-electron chi connectivity index (χ0n) is 10.6. The monoisotopic (exact) mass is 246 g/mol. The smallest absolute Gasteiger partial charge is 0.163 e. The van der Waals surface area contributed by atoms with Gasteiger partial charge in [0.2, 0.25) is 0 Å². The average molecular weight is 246 g/mol. The molecule has 2 rings (SSSR count). The van der Waals surface area contributed by atoms with Crippen LogP contribution in [0.2, 0.25) is 0 Å². The van der Waals surface area contributed by atoms with Crippen LogP contribution in [-0.2, 0) is 6.61 Å². The highest BCUT2D eigenvalue weighted by Gasteiger charge is 2.11. The number of carbonyl (C=O) groups excluding carboxylic acids is 1. The fourth-order valence-corrected chi connectivity index (χ4v) is 1.57. The maximum absolute atomic E-state index is 11.5. The number of carbonyl (C=O) groups is 1. The molecule has 1 heterocycles. The van der Waals surface area contributed by atoms with Gasteiger partial charge in [-0.1, -0.05) is 21.9 Å². The molecule has 0 N–H and O–H groups in total. The van der Waals surface area contributed by atoms with E-state index in [9.17, 15) is 4.79 Å². The molecule has 1 aromatic heterocycles. The molecule has 0 aliphatic rings. The quantitative estimate of drug-likeness (QED) is 0.775. The summed E-state index contributed by atoms with van der Waals surface area (Å²) in [6.07, 6.45) is 0. The molecular formula is C13H14N2O3. The zero-order valence-corrected chi connectivity index (χ0v) is 10.6. The third-order valence-electron chi connectivity index (χ3n) is 2.63. The first-order valence-corrected chi connectivity index (χ1v) is 5.60. The van der Waals surface area contributed by atoms with Crippen molar-refractivity contribution in [2.75, 3.05) is 0 Å². The van der Waals surface area contributed by atoms with E-state index >= 15 is 0 Å². The summed E-state index contributed by atoms with van der Waals surface area (Å²) in [5.74, 6) is 0.527. The third-order valence-corrected chi connectivity index (χ3v) is 2.63.